The second kappa shape index (κ2) is 28.2. The van der Waals surface area contributed by atoms with E-state index in [-0.39, 0.29) is 0 Å². The van der Waals surface area contributed by atoms with Crippen LogP contribution in [0.3, 0.4) is 0 Å². The summed E-state index contributed by atoms with van der Waals surface area (Å²) in [5, 5.41) is 5.68. The molecule has 0 atom stereocenters. The molecule has 6 aromatic rings. The van der Waals surface area contributed by atoms with Gasteiger partial charge < -0.3 is 0 Å². The van der Waals surface area contributed by atoms with Crippen molar-refractivity contribution in [3.05, 3.63) is 131 Å². The molecular weight excluding hydrogens is 911 g/mol. The minimum atomic E-state index is -0.826. The standard InChI is InChI=1S/2C29H37.C2H6Si.2ClH.Zr/c2*1-3-17-29(18-8-6-4-5-7-9-19-29)22-24-20-26-11-10-12-27(28(26)21-24)25-15-13-23(2)14-16-25;1-3-2;;;/h2*10-16,20-21H,3-9,17-19,22H2,1-2H3;1-2H3;2*1H;/q2*-1;;;;+4/p-2. The minimum absolute atomic E-state index is 0.521. The molecule has 8 rings (SSSR count). The van der Waals surface area contributed by atoms with E-state index >= 15 is 0 Å². The number of fused-ring (bicyclic) bond motifs is 2. The van der Waals surface area contributed by atoms with Gasteiger partial charge in [-0.3, -0.25) is 0 Å². The summed E-state index contributed by atoms with van der Waals surface area (Å²) in [6.45, 7) is 13.4. The zero-order chi connectivity index (χ0) is 45.6. The van der Waals surface area contributed by atoms with Crippen LogP contribution in [0.1, 0.15) is 165 Å². The van der Waals surface area contributed by atoms with Crippen molar-refractivity contribution in [3.63, 3.8) is 0 Å². The molecule has 0 amide bonds. The van der Waals surface area contributed by atoms with Gasteiger partial charge in [-0.25, -0.2) is 0 Å². The molecule has 2 aliphatic rings. The Balaban J connectivity index is 0.000000215. The van der Waals surface area contributed by atoms with Crippen LogP contribution in [0.4, 0.5) is 0 Å². The fraction of sp³-hybridized carbons (Fsp3) is 0.500. The Bertz CT molecular complexity index is 2010. The van der Waals surface area contributed by atoms with Crippen LogP contribution in [0.5, 0.6) is 0 Å². The van der Waals surface area contributed by atoms with Crippen LogP contribution in [0, 0.1) is 24.7 Å². The van der Waals surface area contributed by atoms with Crippen molar-refractivity contribution in [1.82, 2.24) is 0 Å². The monoisotopic (exact) mass is 988 g/mol. The third-order valence-electron chi connectivity index (χ3n) is 14.4. The summed E-state index contributed by atoms with van der Waals surface area (Å²) < 4.78 is 0. The first-order valence-electron chi connectivity index (χ1n) is 25.3. The van der Waals surface area contributed by atoms with Crippen molar-refractivity contribution in [2.45, 2.75) is 182 Å². The van der Waals surface area contributed by atoms with Crippen LogP contribution in [0.25, 0.3) is 43.8 Å². The van der Waals surface area contributed by atoms with Gasteiger partial charge >= 0.3 is 37.9 Å². The zero-order valence-electron chi connectivity index (χ0n) is 40.7. The first kappa shape index (κ1) is 52.7. The molecule has 0 bridgehead atoms. The Hall–Kier alpha value is -2.22. The van der Waals surface area contributed by atoms with Gasteiger partial charge in [0, 0.05) is 9.52 Å². The number of hydrogen-bond acceptors (Lipinski definition) is 0. The normalized spacial score (nSPS) is 16.4. The van der Waals surface area contributed by atoms with Gasteiger partial charge in [0.1, 0.15) is 0 Å². The van der Waals surface area contributed by atoms with Crippen molar-refractivity contribution >= 4 is 48.1 Å². The van der Waals surface area contributed by atoms with Crippen molar-refractivity contribution < 1.29 is 20.8 Å². The molecule has 6 aromatic carbocycles. The fourth-order valence-electron chi connectivity index (χ4n) is 11.4. The van der Waals surface area contributed by atoms with Crippen molar-refractivity contribution in [2.24, 2.45) is 10.8 Å². The van der Waals surface area contributed by atoms with Gasteiger partial charge in [-0.2, -0.15) is 12.1 Å². The molecule has 4 heteroatoms. The fourth-order valence-corrected chi connectivity index (χ4v) is 11.4. The Morgan fingerprint density at radius 3 is 1.12 bits per heavy atom. The van der Waals surface area contributed by atoms with Gasteiger partial charge in [-0.1, -0.05) is 200 Å². The molecular formula is C60H80Cl2SiZr. The number of rotatable bonds is 10. The van der Waals surface area contributed by atoms with Crippen LogP contribution in [0.2, 0.25) is 13.1 Å². The van der Waals surface area contributed by atoms with E-state index in [4.69, 9.17) is 17.0 Å². The predicted octanol–water partition coefficient (Wildman–Crippen LogP) is 20.2. The van der Waals surface area contributed by atoms with Crippen LogP contribution in [-0.4, -0.2) is 9.52 Å². The molecule has 0 spiro atoms. The molecule has 0 N–H and O–H groups in total. The Morgan fingerprint density at radius 2 is 0.812 bits per heavy atom. The van der Waals surface area contributed by atoms with Crippen LogP contribution < -0.4 is 0 Å². The van der Waals surface area contributed by atoms with E-state index in [9.17, 15) is 0 Å². The van der Waals surface area contributed by atoms with E-state index in [1.165, 1.54) is 196 Å². The number of aryl methyl sites for hydroxylation is 2. The molecule has 2 fully saturated rings. The number of halogens is 2. The molecule has 0 heterocycles. The molecule has 0 aromatic heterocycles. The summed E-state index contributed by atoms with van der Waals surface area (Å²) in [5.74, 6) is 0. The van der Waals surface area contributed by atoms with Gasteiger partial charge in [0.15, 0.2) is 0 Å². The molecule has 0 unspecified atom stereocenters. The number of benzene rings is 4. The van der Waals surface area contributed by atoms with Crippen molar-refractivity contribution in [3.8, 4) is 22.3 Å². The first-order chi connectivity index (χ1) is 31.2. The van der Waals surface area contributed by atoms with E-state index in [1.807, 2.05) is 0 Å². The second-order valence-corrected chi connectivity index (χ2v) is 24.5. The summed E-state index contributed by atoms with van der Waals surface area (Å²) in [4.78, 5) is 0. The summed E-state index contributed by atoms with van der Waals surface area (Å²) in [6, 6.07) is 41.6. The molecule has 2 radical (unpaired) electrons. The van der Waals surface area contributed by atoms with Crippen LogP contribution in [-0.2, 0) is 33.7 Å². The summed E-state index contributed by atoms with van der Waals surface area (Å²) in [6.07, 6.45) is 30.9. The third kappa shape index (κ3) is 16.0. The van der Waals surface area contributed by atoms with Gasteiger partial charge in [0.25, 0.3) is 0 Å². The third-order valence-corrected chi connectivity index (χ3v) is 14.4. The number of hydrogen-bond donors (Lipinski definition) is 0. The van der Waals surface area contributed by atoms with E-state index in [0.29, 0.717) is 10.8 Å². The molecule has 0 aliphatic heterocycles. The Labute approximate surface area is 412 Å². The summed E-state index contributed by atoms with van der Waals surface area (Å²) in [5.41, 5.74) is 12.3. The van der Waals surface area contributed by atoms with Crippen molar-refractivity contribution in [1.29, 1.82) is 0 Å². The van der Waals surface area contributed by atoms with Crippen molar-refractivity contribution in [2.75, 3.05) is 0 Å². The van der Waals surface area contributed by atoms with E-state index in [1.54, 1.807) is 11.1 Å². The Morgan fingerprint density at radius 1 is 0.500 bits per heavy atom. The molecule has 0 saturated heterocycles. The second-order valence-electron chi connectivity index (χ2n) is 19.7. The SMILES string of the molecule is CCCC1(Cc2cc3c(-c4ccc(C)cc4)cccc3[cH-]2)CCCCCCCC1.CCCC1(Cc2cc3c(-c4ccc(C)cc4)cccc3[cH-]2)CCCCCCCC1.C[Si]C.[Cl][Zr+2][Cl]. The van der Waals surface area contributed by atoms with E-state index in [2.05, 4.69) is 150 Å². The van der Waals surface area contributed by atoms with Gasteiger partial charge in [-0.15, -0.1) is 69.1 Å². The topological polar surface area (TPSA) is 0 Å². The van der Waals surface area contributed by atoms with Crippen LogP contribution in [0.15, 0.2) is 109 Å². The predicted molar refractivity (Wildman–Crippen MR) is 285 cm³/mol. The van der Waals surface area contributed by atoms with E-state index in [0.717, 1.165) is 9.52 Å². The van der Waals surface area contributed by atoms with Gasteiger partial charge in [-0.05, 0) is 87.2 Å². The average Bonchev–Trinajstić information content (AvgIpc) is 3.94. The average molecular weight is 992 g/mol. The van der Waals surface area contributed by atoms with E-state index < -0.39 is 20.8 Å². The molecule has 2 saturated carbocycles. The van der Waals surface area contributed by atoms with Crippen LogP contribution >= 0.6 is 17.0 Å². The van der Waals surface area contributed by atoms with Gasteiger partial charge in [0.05, 0.1) is 0 Å². The summed E-state index contributed by atoms with van der Waals surface area (Å²) >= 11 is -0.826. The maximum absolute atomic E-state index is 4.93. The molecule has 2 aliphatic carbocycles. The molecule has 64 heavy (non-hydrogen) atoms. The molecule has 0 nitrogen and oxygen atoms in total. The Kier molecular flexibility index (Phi) is 23.2. The molecule has 342 valence electrons. The van der Waals surface area contributed by atoms with Gasteiger partial charge in [0.2, 0.25) is 0 Å². The zero-order valence-corrected chi connectivity index (χ0v) is 45.7. The summed E-state index contributed by atoms with van der Waals surface area (Å²) in [7, 11) is 11.0. The first-order valence-corrected chi connectivity index (χ1v) is 33.6. The quantitative estimate of drug-likeness (QED) is 0.0948. The maximum atomic E-state index is 4.93.